The number of hydrogen-bond donors (Lipinski definition) is 2. The van der Waals surface area contributed by atoms with Crippen molar-refractivity contribution >= 4 is 51.6 Å². The van der Waals surface area contributed by atoms with Gasteiger partial charge in [-0.3, -0.25) is 4.79 Å². The Labute approximate surface area is 186 Å². The number of benzene rings is 2. The number of pyridine rings is 1. The molecule has 2 aromatic carbocycles. The van der Waals surface area contributed by atoms with Crippen LogP contribution >= 0.6 is 23.1 Å². The summed E-state index contributed by atoms with van der Waals surface area (Å²) in [5, 5.41) is 21.6. The molecule has 1 unspecified atom stereocenters. The molecular formula is C22H18N4O3S2. The second kappa shape index (κ2) is 8.83. The largest absolute Gasteiger partial charge is 0.478 e. The topological polar surface area (TPSA) is 105 Å². The zero-order chi connectivity index (χ0) is 22.0. The molecule has 0 saturated carbocycles. The van der Waals surface area contributed by atoms with E-state index in [0.29, 0.717) is 22.3 Å². The Kier molecular flexibility index (Phi) is 5.97. The number of anilines is 1. The van der Waals surface area contributed by atoms with E-state index in [-0.39, 0.29) is 16.7 Å². The summed E-state index contributed by atoms with van der Waals surface area (Å²) in [7, 11) is 0. The molecule has 4 rings (SSSR count). The number of carboxylic acids is 1. The molecule has 0 fully saturated rings. The third-order valence-electron chi connectivity index (χ3n) is 4.55. The first-order valence-electron chi connectivity index (χ1n) is 9.42. The molecule has 31 heavy (non-hydrogen) atoms. The van der Waals surface area contributed by atoms with Gasteiger partial charge in [-0.25, -0.2) is 9.78 Å². The van der Waals surface area contributed by atoms with Crippen molar-refractivity contribution in [2.24, 2.45) is 0 Å². The fraction of sp³-hybridized carbons (Fsp3) is 0.136. The van der Waals surface area contributed by atoms with E-state index in [9.17, 15) is 14.7 Å². The predicted molar refractivity (Wildman–Crippen MR) is 123 cm³/mol. The number of hydrogen-bond acceptors (Lipinski definition) is 7. The maximum atomic E-state index is 12.5. The van der Waals surface area contributed by atoms with Crippen molar-refractivity contribution in [3.05, 3.63) is 65.2 Å². The van der Waals surface area contributed by atoms with E-state index >= 15 is 0 Å². The van der Waals surface area contributed by atoms with E-state index < -0.39 is 5.97 Å². The van der Waals surface area contributed by atoms with Crippen LogP contribution in [-0.2, 0) is 4.79 Å². The van der Waals surface area contributed by atoms with Crippen LogP contribution in [0.1, 0.15) is 22.3 Å². The third-order valence-corrected chi connectivity index (χ3v) is 6.57. The summed E-state index contributed by atoms with van der Waals surface area (Å²) in [5.41, 5.74) is 2.79. The molecule has 1 amide bonds. The van der Waals surface area contributed by atoms with Crippen LogP contribution in [0.15, 0.2) is 58.9 Å². The molecule has 0 radical (unpaired) electrons. The van der Waals surface area contributed by atoms with E-state index in [1.165, 1.54) is 23.1 Å². The molecular weight excluding hydrogens is 432 g/mol. The van der Waals surface area contributed by atoms with Crippen molar-refractivity contribution in [3.8, 4) is 11.3 Å². The summed E-state index contributed by atoms with van der Waals surface area (Å²) in [5.74, 6) is -1.14. The first-order chi connectivity index (χ1) is 14.9. The lowest BCUT2D eigenvalue weighted by Gasteiger charge is -2.11. The SMILES string of the molecule is Cc1nnc(SC(C)C(=O)Nc2ccc(-c3cc(C(=O)O)c4ccccc4n3)cc2)s1. The minimum Gasteiger partial charge on any atom is -0.478 e. The lowest BCUT2D eigenvalue weighted by molar-refractivity contribution is -0.115. The number of nitrogens with zero attached hydrogens (tertiary/aromatic N) is 3. The number of carbonyl (C=O) groups excluding carboxylic acids is 1. The number of carbonyl (C=O) groups is 2. The third kappa shape index (κ3) is 4.73. The molecule has 0 saturated heterocycles. The molecule has 0 spiro atoms. The number of fused-ring (bicyclic) bond motifs is 1. The van der Waals surface area contributed by atoms with E-state index in [1.54, 1.807) is 36.4 Å². The number of nitrogens with one attached hydrogen (secondary N) is 1. The highest BCUT2D eigenvalue weighted by Crippen LogP contribution is 2.28. The average Bonchev–Trinajstić information content (AvgIpc) is 3.17. The summed E-state index contributed by atoms with van der Waals surface area (Å²) in [6.45, 7) is 3.69. The van der Waals surface area contributed by atoms with Crippen molar-refractivity contribution in [2.75, 3.05) is 5.32 Å². The Bertz CT molecular complexity index is 1270. The van der Waals surface area contributed by atoms with Crippen molar-refractivity contribution in [3.63, 3.8) is 0 Å². The van der Waals surface area contributed by atoms with Gasteiger partial charge in [0.2, 0.25) is 5.91 Å². The quantitative estimate of drug-likeness (QED) is 0.403. The summed E-state index contributed by atoms with van der Waals surface area (Å²) in [6, 6.07) is 15.9. The van der Waals surface area contributed by atoms with Crippen LogP contribution in [0.5, 0.6) is 0 Å². The van der Waals surface area contributed by atoms with Crippen molar-refractivity contribution in [2.45, 2.75) is 23.4 Å². The molecule has 0 aliphatic heterocycles. The van der Waals surface area contributed by atoms with Gasteiger partial charge in [-0.1, -0.05) is 53.4 Å². The first-order valence-corrected chi connectivity index (χ1v) is 11.1. The molecule has 7 nitrogen and oxygen atoms in total. The van der Waals surface area contributed by atoms with E-state index in [4.69, 9.17) is 0 Å². The minimum atomic E-state index is -0.999. The average molecular weight is 451 g/mol. The van der Waals surface area contributed by atoms with Crippen LogP contribution in [0.25, 0.3) is 22.2 Å². The molecule has 0 aliphatic carbocycles. The van der Waals surface area contributed by atoms with Crippen LogP contribution in [0.3, 0.4) is 0 Å². The number of aromatic carboxylic acids is 1. The Morgan fingerprint density at radius 1 is 1.10 bits per heavy atom. The number of amides is 1. The number of aromatic nitrogens is 3. The van der Waals surface area contributed by atoms with Gasteiger partial charge in [0.25, 0.3) is 0 Å². The van der Waals surface area contributed by atoms with Gasteiger partial charge < -0.3 is 10.4 Å². The number of carboxylic acid groups (broad SMARTS) is 1. The highest BCUT2D eigenvalue weighted by atomic mass is 32.2. The lowest BCUT2D eigenvalue weighted by atomic mass is 10.0. The fourth-order valence-corrected chi connectivity index (χ4v) is 4.96. The molecule has 9 heteroatoms. The Morgan fingerprint density at radius 2 is 1.84 bits per heavy atom. The fourth-order valence-electron chi connectivity index (χ4n) is 3.00. The van der Waals surface area contributed by atoms with Gasteiger partial charge >= 0.3 is 5.97 Å². The van der Waals surface area contributed by atoms with Gasteiger partial charge in [-0.2, -0.15) is 0 Å². The van der Waals surface area contributed by atoms with Crippen molar-refractivity contribution in [1.82, 2.24) is 15.2 Å². The van der Waals surface area contributed by atoms with E-state index in [1.807, 2.05) is 32.0 Å². The van der Waals surface area contributed by atoms with Gasteiger partial charge in [-0.15, -0.1) is 10.2 Å². The van der Waals surface area contributed by atoms with Gasteiger partial charge in [0.1, 0.15) is 5.01 Å². The zero-order valence-electron chi connectivity index (χ0n) is 16.7. The van der Waals surface area contributed by atoms with Crippen LogP contribution in [0, 0.1) is 6.92 Å². The van der Waals surface area contributed by atoms with Crippen LogP contribution in [-0.4, -0.2) is 37.4 Å². The standard InChI is InChI=1S/C22H18N4O3S2/c1-12(30-22-26-25-13(2)31-22)20(27)23-15-9-7-14(8-10-15)19-11-17(21(28)29)16-5-3-4-6-18(16)24-19/h3-12H,1-2H3,(H,23,27)(H,28,29). The Hall–Kier alpha value is -3.30. The molecule has 4 aromatic rings. The molecule has 2 aromatic heterocycles. The number of rotatable bonds is 6. The van der Waals surface area contributed by atoms with E-state index in [0.717, 1.165) is 14.9 Å². The van der Waals surface area contributed by atoms with Crippen LogP contribution < -0.4 is 5.32 Å². The minimum absolute atomic E-state index is 0.136. The van der Waals surface area contributed by atoms with Gasteiger partial charge in [-0.05, 0) is 38.1 Å². The molecule has 2 heterocycles. The Balaban J connectivity index is 1.52. The second-order valence-electron chi connectivity index (χ2n) is 6.79. The van der Waals surface area contributed by atoms with Gasteiger partial charge in [0.05, 0.1) is 22.0 Å². The highest BCUT2D eigenvalue weighted by Gasteiger charge is 2.17. The van der Waals surface area contributed by atoms with Gasteiger partial charge in [0, 0.05) is 16.6 Å². The predicted octanol–water partition coefficient (Wildman–Crippen LogP) is 4.88. The number of aryl methyl sites for hydroxylation is 1. The van der Waals surface area contributed by atoms with Crippen molar-refractivity contribution in [1.29, 1.82) is 0 Å². The summed E-state index contributed by atoms with van der Waals surface area (Å²) >= 11 is 2.82. The smallest absolute Gasteiger partial charge is 0.336 e. The first kappa shape index (κ1) is 21.0. The molecule has 156 valence electrons. The van der Waals surface area contributed by atoms with Crippen LogP contribution in [0.2, 0.25) is 0 Å². The zero-order valence-corrected chi connectivity index (χ0v) is 18.3. The van der Waals surface area contributed by atoms with Gasteiger partial charge in [0.15, 0.2) is 4.34 Å². The van der Waals surface area contributed by atoms with Crippen LogP contribution in [0.4, 0.5) is 5.69 Å². The van der Waals surface area contributed by atoms with Crippen molar-refractivity contribution < 1.29 is 14.7 Å². The lowest BCUT2D eigenvalue weighted by Crippen LogP contribution is -2.22. The molecule has 0 bridgehead atoms. The molecule has 1 atom stereocenters. The monoisotopic (exact) mass is 450 g/mol. The van der Waals surface area contributed by atoms with E-state index in [2.05, 4.69) is 20.5 Å². The maximum absolute atomic E-state index is 12.5. The Morgan fingerprint density at radius 3 is 2.52 bits per heavy atom. The summed E-state index contributed by atoms with van der Waals surface area (Å²) in [6.07, 6.45) is 0. The highest BCUT2D eigenvalue weighted by molar-refractivity contribution is 8.02. The summed E-state index contributed by atoms with van der Waals surface area (Å²) < 4.78 is 0.757. The molecule has 2 N–H and O–H groups in total. The summed E-state index contributed by atoms with van der Waals surface area (Å²) in [4.78, 5) is 28.8. The number of para-hydroxylation sites is 1. The number of thioether (sulfide) groups is 1. The maximum Gasteiger partial charge on any atom is 0.336 e. The second-order valence-corrected chi connectivity index (χ2v) is 9.56. The molecule has 0 aliphatic rings. The normalized spacial score (nSPS) is 11.9.